The van der Waals surface area contributed by atoms with Crippen LogP contribution in [-0.4, -0.2) is 17.6 Å². The van der Waals surface area contributed by atoms with Gasteiger partial charge in [0.05, 0.1) is 17.6 Å². The third-order valence-corrected chi connectivity index (χ3v) is 4.69. The van der Waals surface area contributed by atoms with E-state index in [2.05, 4.69) is 31.3 Å². The highest BCUT2D eigenvalue weighted by molar-refractivity contribution is 5.72. The van der Waals surface area contributed by atoms with Crippen LogP contribution >= 0.6 is 0 Å². The number of ether oxygens (including phenoxy) is 1. The minimum Gasteiger partial charge on any atom is -0.494 e. The minimum absolute atomic E-state index is 0.116. The van der Waals surface area contributed by atoms with Crippen LogP contribution in [0, 0.1) is 22.0 Å². The van der Waals surface area contributed by atoms with Crippen LogP contribution in [0.5, 0.6) is 5.75 Å². The van der Waals surface area contributed by atoms with Gasteiger partial charge in [-0.15, -0.1) is 0 Å². The van der Waals surface area contributed by atoms with Crippen LogP contribution < -0.4 is 10.1 Å². The van der Waals surface area contributed by atoms with Crippen molar-refractivity contribution in [1.82, 2.24) is 0 Å². The predicted octanol–water partition coefficient (Wildman–Crippen LogP) is 4.10. The predicted molar refractivity (Wildman–Crippen MR) is 86.5 cm³/mol. The number of hydrogen-bond donors (Lipinski definition) is 1. The first-order valence-electron chi connectivity index (χ1n) is 7.91. The quantitative estimate of drug-likeness (QED) is 0.516. The van der Waals surface area contributed by atoms with Gasteiger partial charge in [-0.2, -0.15) is 0 Å². The molecule has 0 bridgehead atoms. The van der Waals surface area contributed by atoms with Crippen molar-refractivity contribution in [2.45, 2.75) is 39.2 Å². The maximum atomic E-state index is 11.5. The van der Waals surface area contributed by atoms with Gasteiger partial charge in [0.15, 0.2) is 0 Å². The molecule has 0 radical (unpaired) electrons. The normalized spacial score (nSPS) is 25.5. The van der Waals surface area contributed by atoms with Crippen molar-refractivity contribution in [3.05, 3.63) is 40.0 Å². The fourth-order valence-corrected chi connectivity index (χ4v) is 3.75. The first-order chi connectivity index (χ1) is 10.5. The van der Waals surface area contributed by atoms with E-state index in [1.54, 1.807) is 0 Å². The molecular weight excluding hydrogens is 280 g/mol. The lowest BCUT2D eigenvalue weighted by molar-refractivity contribution is -0.384. The number of allylic oxidation sites excluding steroid dienone is 2. The Labute approximate surface area is 130 Å². The molecule has 0 fully saturated rings. The fraction of sp³-hybridized carbons (Fsp3) is 0.529. The van der Waals surface area contributed by atoms with E-state index in [9.17, 15) is 10.1 Å². The number of anilines is 1. The zero-order valence-electron chi connectivity index (χ0n) is 13.2. The van der Waals surface area contributed by atoms with E-state index in [4.69, 9.17) is 4.74 Å². The molecule has 2 aliphatic rings. The molecule has 22 heavy (non-hydrogen) atoms. The molecule has 0 amide bonds. The van der Waals surface area contributed by atoms with Crippen LogP contribution in [0.4, 0.5) is 11.4 Å². The number of benzene rings is 1. The monoisotopic (exact) mass is 302 g/mol. The number of hydrogen-bond acceptors (Lipinski definition) is 4. The smallest absolute Gasteiger partial charge is 0.296 e. The Bertz CT molecular complexity index is 625. The van der Waals surface area contributed by atoms with Gasteiger partial charge < -0.3 is 10.1 Å². The highest BCUT2D eigenvalue weighted by Crippen LogP contribution is 2.50. The van der Waals surface area contributed by atoms with Gasteiger partial charge >= 0.3 is 0 Å². The molecule has 5 heteroatoms. The van der Waals surface area contributed by atoms with E-state index < -0.39 is 0 Å². The lowest BCUT2D eigenvalue weighted by atomic mass is 9.75. The summed E-state index contributed by atoms with van der Waals surface area (Å²) in [6.45, 7) is 6.72. The van der Waals surface area contributed by atoms with E-state index in [-0.39, 0.29) is 22.6 Å². The molecule has 0 spiro atoms. The van der Waals surface area contributed by atoms with Crippen molar-refractivity contribution in [3.63, 3.8) is 0 Å². The first-order valence-corrected chi connectivity index (χ1v) is 7.91. The Kier molecular flexibility index (Phi) is 3.81. The summed E-state index contributed by atoms with van der Waals surface area (Å²) in [5, 5.41) is 14.9. The van der Waals surface area contributed by atoms with Crippen molar-refractivity contribution < 1.29 is 9.66 Å². The van der Waals surface area contributed by atoms with Crippen LogP contribution in [-0.2, 0) is 0 Å². The Balaban J connectivity index is 2.14. The van der Waals surface area contributed by atoms with Crippen molar-refractivity contribution in [2.24, 2.45) is 11.8 Å². The maximum Gasteiger partial charge on any atom is 0.296 e. The molecule has 3 rings (SSSR count). The number of nitro benzene ring substituents is 1. The molecule has 5 nitrogen and oxygen atoms in total. The third-order valence-electron chi connectivity index (χ3n) is 4.69. The van der Waals surface area contributed by atoms with Crippen molar-refractivity contribution in [2.75, 3.05) is 11.9 Å². The van der Waals surface area contributed by atoms with E-state index >= 15 is 0 Å². The number of fused-ring (bicyclic) bond motifs is 3. The second-order valence-corrected chi connectivity index (χ2v) is 6.36. The van der Waals surface area contributed by atoms with E-state index in [0.717, 1.165) is 12.0 Å². The molecule has 3 atom stereocenters. The molecule has 1 N–H and O–H groups in total. The van der Waals surface area contributed by atoms with Gasteiger partial charge in [0, 0.05) is 12.0 Å². The van der Waals surface area contributed by atoms with Gasteiger partial charge in [-0.05, 0) is 36.8 Å². The third kappa shape index (κ3) is 2.34. The summed E-state index contributed by atoms with van der Waals surface area (Å²) in [4.78, 5) is 11.2. The number of nitro groups is 1. The molecule has 0 unspecified atom stereocenters. The van der Waals surface area contributed by atoms with E-state index in [1.165, 1.54) is 6.07 Å². The second kappa shape index (κ2) is 5.63. The van der Waals surface area contributed by atoms with Crippen LogP contribution in [0.2, 0.25) is 0 Å². The summed E-state index contributed by atoms with van der Waals surface area (Å²) in [5.74, 6) is 1.70. The summed E-state index contributed by atoms with van der Waals surface area (Å²) in [5.41, 5.74) is 1.78. The van der Waals surface area contributed by atoms with Crippen molar-refractivity contribution in [3.8, 4) is 5.75 Å². The topological polar surface area (TPSA) is 64.4 Å². The number of nitrogens with one attached hydrogen (secondary N) is 1. The maximum absolute atomic E-state index is 11.5. The zero-order valence-corrected chi connectivity index (χ0v) is 13.2. The summed E-state index contributed by atoms with van der Waals surface area (Å²) in [6, 6.07) is 3.75. The standard InChI is InChI=1S/C17H22N2O3/c1-4-22-11-8-14-12-6-5-7-13(12)16(10(2)3)18-17(14)15(9-11)19(20)21/h5-6,8-10,12-13,16,18H,4,7H2,1-3H3/t12-,13-,16-/m1/s1. The van der Waals surface area contributed by atoms with Crippen LogP contribution in [0.3, 0.4) is 0 Å². The number of nitrogens with zero attached hydrogens (tertiary/aromatic N) is 1. The van der Waals surface area contributed by atoms with Gasteiger partial charge in [0.2, 0.25) is 0 Å². The highest BCUT2D eigenvalue weighted by Gasteiger charge is 2.41. The molecule has 0 saturated heterocycles. The second-order valence-electron chi connectivity index (χ2n) is 6.36. The zero-order chi connectivity index (χ0) is 15.9. The molecule has 1 aromatic rings. The summed E-state index contributed by atoms with van der Waals surface area (Å²) >= 11 is 0. The molecule has 0 aromatic heterocycles. The lowest BCUT2D eigenvalue weighted by Gasteiger charge is -2.39. The van der Waals surface area contributed by atoms with E-state index in [1.807, 2.05) is 13.0 Å². The fourth-order valence-electron chi connectivity index (χ4n) is 3.75. The molecule has 0 saturated carbocycles. The SMILES string of the molecule is CCOc1cc2c(c([N+](=O)[O-])c1)N[C@H](C(C)C)[C@@H]1CC=C[C@@H]21. The van der Waals surface area contributed by atoms with Gasteiger partial charge in [0.1, 0.15) is 11.4 Å². The van der Waals surface area contributed by atoms with Crippen LogP contribution in [0.25, 0.3) is 0 Å². The minimum atomic E-state index is -0.315. The van der Waals surface area contributed by atoms with Gasteiger partial charge in [-0.25, -0.2) is 0 Å². The van der Waals surface area contributed by atoms with Gasteiger partial charge in [0.25, 0.3) is 5.69 Å². The summed E-state index contributed by atoms with van der Waals surface area (Å²) < 4.78 is 5.53. The van der Waals surface area contributed by atoms with E-state index in [0.29, 0.717) is 29.9 Å². The highest BCUT2D eigenvalue weighted by atomic mass is 16.6. The Hall–Kier alpha value is -2.04. The molecule has 1 heterocycles. The van der Waals surface area contributed by atoms with Crippen LogP contribution in [0.1, 0.15) is 38.7 Å². The first kappa shape index (κ1) is 14.9. The molecule has 118 valence electrons. The largest absolute Gasteiger partial charge is 0.494 e. The number of rotatable bonds is 4. The average Bonchev–Trinajstić information content (AvgIpc) is 2.95. The Morgan fingerprint density at radius 2 is 2.23 bits per heavy atom. The van der Waals surface area contributed by atoms with Crippen molar-refractivity contribution >= 4 is 11.4 Å². The molecule has 1 aromatic carbocycles. The molecular formula is C17H22N2O3. The Morgan fingerprint density at radius 1 is 1.45 bits per heavy atom. The average molecular weight is 302 g/mol. The lowest BCUT2D eigenvalue weighted by Crippen LogP contribution is -2.39. The van der Waals surface area contributed by atoms with Gasteiger partial charge in [-0.3, -0.25) is 10.1 Å². The molecule has 1 aliphatic heterocycles. The van der Waals surface area contributed by atoms with Crippen LogP contribution in [0.15, 0.2) is 24.3 Å². The molecule has 1 aliphatic carbocycles. The van der Waals surface area contributed by atoms with Gasteiger partial charge in [-0.1, -0.05) is 26.0 Å². The Morgan fingerprint density at radius 3 is 2.86 bits per heavy atom. The summed E-state index contributed by atoms with van der Waals surface area (Å²) in [7, 11) is 0. The summed E-state index contributed by atoms with van der Waals surface area (Å²) in [6.07, 6.45) is 5.41. The van der Waals surface area contributed by atoms with Crippen molar-refractivity contribution in [1.29, 1.82) is 0 Å².